The number of ether oxygens (including phenoxy) is 1. The van der Waals surface area contributed by atoms with Crippen LogP contribution in [0.15, 0.2) is 107 Å². The second-order valence-electron chi connectivity index (χ2n) is 9.01. The van der Waals surface area contributed by atoms with Gasteiger partial charge in [0.2, 0.25) is 0 Å². The molecule has 43 heavy (non-hydrogen) atoms. The van der Waals surface area contributed by atoms with Crippen molar-refractivity contribution >= 4 is 43.9 Å². The Hall–Kier alpha value is -5.22. The first-order valence-electron chi connectivity index (χ1n) is 12.2. The molecule has 2 aliphatic heterocycles. The first-order chi connectivity index (χ1) is 20.5. The van der Waals surface area contributed by atoms with E-state index in [-0.39, 0.29) is 53.7 Å². The van der Waals surface area contributed by atoms with Crippen molar-refractivity contribution < 1.29 is 49.3 Å². The molecule has 15 heteroatoms. The number of hydrogen-bond acceptors (Lipinski definition) is 11. The van der Waals surface area contributed by atoms with Gasteiger partial charge >= 0.3 is 20.2 Å². The summed E-state index contributed by atoms with van der Waals surface area (Å²) >= 11 is 0. The van der Waals surface area contributed by atoms with Crippen LogP contribution in [0.25, 0.3) is 0 Å². The summed E-state index contributed by atoms with van der Waals surface area (Å²) in [6, 6.07) is 21.4. The lowest BCUT2D eigenvalue weighted by Crippen LogP contribution is -2.32. The van der Waals surface area contributed by atoms with E-state index in [9.17, 15) is 36.0 Å². The van der Waals surface area contributed by atoms with Crippen molar-refractivity contribution in [2.24, 2.45) is 0 Å². The molecule has 216 valence electrons. The molecule has 0 N–H and O–H groups in total. The van der Waals surface area contributed by atoms with Crippen molar-refractivity contribution in [3.63, 3.8) is 0 Å². The van der Waals surface area contributed by atoms with E-state index in [1.807, 2.05) is 0 Å². The Labute approximate surface area is 243 Å². The fraction of sp³-hybridized carbons (Fsp3) is 0. The van der Waals surface area contributed by atoms with Gasteiger partial charge in [0, 0.05) is 0 Å². The lowest BCUT2D eigenvalue weighted by molar-refractivity contribution is -0.0107. The van der Waals surface area contributed by atoms with Gasteiger partial charge in [0.25, 0.3) is 23.6 Å². The predicted octanol–water partition coefficient (Wildman–Crippen LogP) is 3.31. The van der Waals surface area contributed by atoms with E-state index in [1.54, 1.807) is 12.1 Å². The molecule has 2 aliphatic rings. The van der Waals surface area contributed by atoms with Gasteiger partial charge in [-0.2, -0.15) is 16.8 Å². The molecule has 0 atom stereocenters. The maximum absolute atomic E-state index is 12.9. The zero-order chi connectivity index (χ0) is 30.5. The second kappa shape index (κ2) is 10.2. The predicted molar refractivity (Wildman–Crippen MR) is 143 cm³/mol. The largest absolute Gasteiger partial charge is 0.457 e. The Morgan fingerprint density at radius 1 is 0.442 bits per heavy atom. The highest BCUT2D eigenvalue weighted by Crippen LogP contribution is 2.34. The molecular formula is C28H16N2O11S2. The zero-order valence-corrected chi connectivity index (χ0v) is 23.1. The van der Waals surface area contributed by atoms with Crippen LogP contribution >= 0.6 is 0 Å². The van der Waals surface area contributed by atoms with Gasteiger partial charge in [0.15, 0.2) is 0 Å². The number of carbonyl (C=O) groups is 4. The highest BCUT2D eigenvalue weighted by atomic mass is 32.2. The first-order valence-corrected chi connectivity index (χ1v) is 15.0. The summed E-state index contributed by atoms with van der Waals surface area (Å²) in [5, 5.41) is 0.267. The number of fused-ring (bicyclic) bond motifs is 2. The maximum atomic E-state index is 12.9. The Morgan fingerprint density at radius 2 is 0.791 bits per heavy atom. The molecule has 0 unspecified atom stereocenters. The van der Waals surface area contributed by atoms with Gasteiger partial charge in [-0.15, -0.1) is 18.7 Å². The number of hydroxylamine groups is 4. The van der Waals surface area contributed by atoms with Crippen molar-refractivity contribution in [1.29, 1.82) is 0 Å². The van der Waals surface area contributed by atoms with E-state index in [0.29, 0.717) is 0 Å². The first kappa shape index (κ1) is 27.9. The fourth-order valence-corrected chi connectivity index (χ4v) is 6.07. The minimum Gasteiger partial charge on any atom is -0.457 e. The fourth-order valence-electron chi connectivity index (χ4n) is 4.25. The average Bonchev–Trinajstić information content (AvgIpc) is 3.37. The van der Waals surface area contributed by atoms with E-state index in [1.165, 1.54) is 84.9 Å². The van der Waals surface area contributed by atoms with E-state index in [4.69, 9.17) is 13.3 Å². The molecule has 0 fully saturated rings. The van der Waals surface area contributed by atoms with E-state index in [2.05, 4.69) is 0 Å². The highest BCUT2D eigenvalue weighted by molar-refractivity contribution is 7.87. The van der Waals surface area contributed by atoms with Crippen LogP contribution < -0.4 is 4.74 Å². The monoisotopic (exact) mass is 620 g/mol. The lowest BCUT2D eigenvalue weighted by Gasteiger charge is -2.12. The van der Waals surface area contributed by atoms with E-state index >= 15 is 0 Å². The van der Waals surface area contributed by atoms with Crippen LogP contribution in [0.1, 0.15) is 41.4 Å². The molecule has 0 spiro atoms. The van der Waals surface area contributed by atoms with Crippen molar-refractivity contribution in [2.45, 2.75) is 9.79 Å². The Kier molecular flexibility index (Phi) is 6.66. The highest BCUT2D eigenvalue weighted by Gasteiger charge is 2.42. The Morgan fingerprint density at radius 3 is 1.16 bits per heavy atom. The van der Waals surface area contributed by atoms with Crippen LogP contribution in [0, 0.1) is 0 Å². The third-order valence-electron chi connectivity index (χ3n) is 6.29. The molecular weight excluding hydrogens is 604 g/mol. The standard InChI is InChI=1S/C28H16N2O11S2/c31-25-21-13-11-17(15-23(21)27(33)29(25)40-42(35,36)19-7-3-1-4-8-19)39-18-12-14-22-24(16-18)28(34)30(26(22)32)41-43(37,38)20-9-5-2-6-10-20/h1-16H. The summed E-state index contributed by atoms with van der Waals surface area (Å²) in [5.74, 6) is -4.07. The Balaban J connectivity index is 1.21. The summed E-state index contributed by atoms with van der Waals surface area (Å²) in [5.41, 5.74) is -0.682. The molecule has 0 saturated carbocycles. The maximum Gasteiger partial charge on any atom is 0.318 e. The summed E-state index contributed by atoms with van der Waals surface area (Å²) in [6.07, 6.45) is 0. The van der Waals surface area contributed by atoms with Crippen LogP contribution in [-0.4, -0.2) is 50.6 Å². The molecule has 0 bridgehead atoms. The van der Waals surface area contributed by atoms with E-state index in [0.717, 1.165) is 0 Å². The minimum atomic E-state index is -4.49. The topological polar surface area (TPSA) is 171 Å². The van der Waals surface area contributed by atoms with Crippen LogP contribution in [-0.2, 0) is 28.8 Å². The zero-order valence-electron chi connectivity index (χ0n) is 21.4. The quantitative estimate of drug-likeness (QED) is 0.265. The number of rotatable bonds is 8. The van der Waals surface area contributed by atoms with Crippen molar-refractivity contribution in [1.82, 2.24) is 10.1 Å². The second-order valence-corrected chi connectivity index (χ2v) is 12.1. The minimum absolute atomic E-state index is 0.0177. The number of amides is 4. The van der Waals surface area contributed by atoms with Gasteiger partial charge in [-0.1, -0.05) is 36.4 Å². The lowest BCUT2D eigenvalue weighted by atomic mass is 10.1. The molecule has 2 heterocycles. The summed E-state index contributed by atoms with van der Waals surface area (Å²) in [6.45, 7) is 0. The molecule has 0 aliphatic carbocycles. The number of nitrogens with zero attached hydrogens (tertiary/aromatic N) is 2. The van der Waals surface area contributed by atoms with E-state index < -0.39 is 43.9 Å². The third kappa shape index (κ3) is 4.95. The number of carbonyl (C=O) groups excluding carboxylic acids is 4. The summed E-state index contributed by atoms with van der Waals surface area (Å²) in [7, 11) is -8.98. The van der Waals surface area contributed by atoms with Crippen molar-refractivity contribution in [3.8, 4) is 11.5 Å². The molecule has 6 rings (SSSR count). The van der Waals surface area contributed by atoms with Gasteiger partial charge in [0.1, 0.15) is 11.5 Å². The number of hydrogen-bond donors (Lipinski definition) is 0. The molecule has 4 aromatic carbocycles. The Bertz CT molecular complexity index is 1920. The number of benzene rings is 4. The van der Waals surface area contributed by atoms with Gasteiger partial charge in [-0.05, 0) is 60.7 Å². The van der Waals surface area contributed by atoms with Crippen LogP contribution in [0.5, 0.6) is 11.5 Å². The SMILES string of the molecule is O=C1c2ccc(Oc3ccc4c(c3)C(=O)N(OS(=O)(=O)c3ccccc3)C4=O)cc2C(=O)N1OS(=O)(=O)c1ccccc1. The normalized spacial score (nSPS) is 14.7. The van der Waals surface area contributed by atoms with Gasteiger partial charge in [0.05, 0.1) is 32.0 Å². The number of imide groups is 2. The molecule has 4 aromatic rings. The van der Waals surface area contributed by atoms with Crippen LogP contribution in [0.3, 0.4) is 0 Å². The van der Waals surface area contributed by atoms with Crippen LogP contribution in [0.4, 0.5) is 0 Å². The summed E-state index contributed by atoms with van der Waals surface area (Å²) < 4.78 is 65.6. The van der Waals surface area contributed by atoms with Gasteiger partial charge in [-0.25, -0.2) is 0 Å². The van der Waals surface area contributed by atoms with Crippen molar-refractivity contribution in [2.75, 3.05) is 0 Å². The molecule has 0 radical (unpaired) electrons. The third-order valence-corrected chi connectivity index (χ3v) is 8.68. The molecule has 0 saturated heterocycles. The van der Waals surface area contributed by atoms with Gasteiger partial charge in [-0.3, -0.25) is 19.2 Å². The van der Waals surface area contributed by atoms with Gasteiger partial charge < -0.3 is 4.74 Å². The smallest absolute Gasteiger partial charge is 0.318 e. The summed E-state index contributed by atoms with van der Waals surface area (Å²) in [4.78, 5) is 50.8. The van der Waals surface area contributed by atoms with Crippen molar-refractivity contribution in [3.05, 3.63) is 119 Å². The molecule has 4 amide bonds. The van der Waals surface area contributed by atoms with Crippen LogP contribution in [0.2, 0.25) is 0 Å². The average molecular weight is 621 g/mol. The molecule has 13 nitrogen and oxygen atoms in total. The molecule has 0 aromatic heterocycles.